The number of rotatable bonds is 11. The van der Waals surface area contributed by atoms with Crippen molar-refractivity contribution in [3.63, 3.8) is 0 Å². The normalized spacial score (nSPS) is 13.8. The van der Waals surface area contributed by atoms with Gasteiger partial charge in [-0.3, -0.25) is 4.79 Å². The van der Waals surface area contributed by atoms with Crippen molar-refractivity contribution in [3.8, 4) is 0 Å². The third-order valence-corrected chi connectivity index (χ3v) is 6.42. The van der Waals surface area contributed by atoms with Crippen LogP contribution < -0.4 is 5.32 Å². The Bertz CT molecular complexity index is 824. The molecule has 2 atom stereocenters. The Morgan fingerprint density at radius 2 is 1.85 bits per heavy atom. The first-order valence-electron chi connectivity index (χ1n) is 11.3. The topological polar surface area (TPSA) is 32.3 Å². The van der Waals surface area contributed by atoms with Gasteiger partial charge >= 0.3 is 0 Å². The molecule has 0 aliphatic rings. The Kier molecular flexibility index (Phi) is 16.3. The molecule has 1 N–H and O–H groups in total. The van der Waals surface area contributed by atoms with Gasteiger partial charge in [-0.05, 0) is 55.9 Å². The summed E-state index contributed by atoms with van der Waals surface area (Å²) in [4.78, 5) is 12.9. The monoisotopic (exact) mass is 518 g/mol. The Labute approximate surface area is 214 Å². The van der Waals surface area contributed by atoms with Gasteiger partial charge in [-0.25, -0.2) is 4.39 Å². The largest absolute Gasteiger partial charge is 0.369 e. The third kappa shape index (κ3) is 12.0. The van der Waals surface area contributed by atoms with Crippen LogP contribution in [0.4, 0.5) is 10.1 Å². The molecule has 0 heterocycles. The number of hydrogen-bond donors (Lipinski definition) is 1. The maximum Gasteiger partial charge on any atom is 0.221 e. The second kappa shape index (κ2) is 17.0. The van der Waals surface area contributed by atoms with E-state index >= 15 is 0 Å². The zero-order valence-corrected chi connectivity index (χ0v) is 22.9. The molecule has 0 fully saturated rings. The van der Waals surface area contributed by atoms with E-state index in [1.54, 1.807) is 6.08 Å². The molecule has 0 saturated heterocycles. The third-order valence-electron chi connectivity index (χ3n) is 5.40. The number of hydrogen-bond acceptors (Lipinski definition) is 2. The van der Waals surface area contributed by atoms with E-state index < -0.39 is 5.82 Å². The van der Waals surface area contributed by atoms with Crippen molar-refractivity contribution in [1.82, 2.24) is 4.90 Å². The lowest BCUT2D eigenvalue weighted by Gasteiger charge is -2.30. The summed E-state index contributed by atoms with van der Waals surface area (Å²) in [5.74, 6) is 0.735. The maximum absolute atomic E-state index is 12.6. The Morgan fingerprint density at radius 1 is 1.21 bits per heavy atom. The highest BCUT2D eigenvalue weighted by Gasteiger charge is 2.18. The van der Waals surface area contributed by atoms with Crippen molar-refractivity contribution in [3.05, 3.63) is 63.5 Å². The van der Waals surface area contributed by atoms with Gasteiger partial charge in [-0.15, -0.1) is 0 Å². The van der Waals surface area contributed by atoms with E-state index in [-0.39, 0.29) is 10.9 Å². The summed E-state index contributed by atoms with van der Waals surface area (Å²) in [5.41, 5.74) is 1.41. The zero-order valence-electron chi connectivity index (χ0n) is 20.7. The van der Waals surface area contributed by atoms with Gasteiger partial charge in [0, 0.05) is 25.7 Å². The van der Waals surface area contributed by atoms with Crippen LogP contribution in [0.15, 0.2) is 52.7 Å². The number of carbonyl (C=O) groups excluding carboxylic acids is 1. The van der Waals surface area contributed by atoms with E-state index in [0.29, 0.717) is 21.7 Å². The molecule has 33 heavy (non-hydrogen) atoms. The minimum Gasteiger partial charge on any atom is -0.369 e. The van der Waals surface area contributed by atoms with Crippen LogP contribution >= 0.6 is 34.8 Å². The number of anilines is 1. The van der Waals surface area contributed by atoms with Crippen LogP contribution in [0.25, 0.3) is 0 Å². The number of halogens is 4. The smallest absolute Gasteiger partial charge is 0.221 e. The second-order valence-corrected chi connectivity index (χ2v) is 9.21. The van der Waals surface area contributed by atoms with Gasteiger partial charge in [0.2, 0.25) is 5.91 Å². The molecule has 1 aromatic carbocycles. The average Bonchev–Trinajstić information content (AvgIpc) is 2.78. The molecule has 7 heteroatoms. The predicted molar refractivity (Wildman–Crippen MR) is 143 cm³/mol. The van der Waals surface area contributed by atoms with E-state index in [9.17, 15) is 9.18 Å². The van der Waals surface area contributed by atoms with Crippen molar-refractivity contribution in [2.45, 2.75) is 60.8 Å². The average molecular weight is 520 g/mol. The fraction of sp³-hybridized carbons (Fsp3) is 0.500. The Balaban J connectivity index is 0.000000716. The number of amides is 1. The maximum atomic E-state index is 12.6. The lowest BCUT2D eigenvalue weighted by atomic mass is 9.90. The van der Waals surface area contributed by atoms with Crippen LogP contribution in [0.5, 0.6) is 0 Å². The number of allylic oxidation sites excluding steroid dienone is 4. The van der Waals surface area contributed by atoms with Crippen molar-refractivity contribution < 1.29 is 9.18 Å². The Hall–Kier alpha value is -1.49. The summed E-state index contributed by atoms with van der Waals surface area (Å²) in [5, 5.41) is 3.81. The molecular weight excluding hydrogens is 482 g/mol. The molecule has 2 unspecified atom stereocenters. The summed E-state index contributed by atoms with van der Waals surface area (Å²) < 4.78 is 12.6. The molecular formula is C26H38Cl3FN2O. The van der Waals surface area contributed by atoms with Crippen LogP contribution in [-0.4, -0.2) is 23.9 Å². The quantitative estimate of drug-likeness (QED) is 0.296. The Morgan fingerprint density at radius 3 is 2.30 bits per heavy atom. The molecule has 0 spiro atoms. The van der Waals surface area contributed by atoms with Gasteiger partial charge in [-0.1, -0.05) is 81.6 Å². The lowest BCUT2D eigenvalue weighted by Crippen LogP contribution is -2.28. The van der Waals surface area contributed by atoms with Gasteiger partial charge in [0.15, 0.2) is 0 Å². The van der Waals surface area contributed by atoms with Crippen molar-refractivity contribution in [1.29, 1.82) is 0 Å². The molecule has 0 radical (unpaired) electrons. The summed E-state index contributed by atoms with van der Waals surface area (Å²) in [6, 6.07) is 4.01. The number of carbonyl (C=O) groups is 1. The highest BCUT2D eigenvalue weighted by atomic mass is 35.5. The van der Waals surface area contributed by atoms with Crippen LogP contribution in [0.3, 0.4) is 0 Å². The van der Waals surface area contributed by atoms with Crippen LogP contribution in [0.1, 0.15) is 60.8 Å². The van der Waals surface area contributed by atoms with Crippen molar-refractivity contribution >= 4 is 46.4 Å². The van der Waals surface area contributed by atoms with Gasteiger partial charge in [0.25, 0.3) is 0 Å². The summed E-state index contributed by atoms with van der Waals surface area (Å²) in [6.45, 7) is 18.1. The first-order chi connectivity index (χ1) is 15.5. The fourth-order valence-corrected chi connectivity index (χ4v) is 3.75. The summed E-state index contributed by atoms with van der Waals surface area (Å²) >= 11 is 18.2. The molecule has 0 aliphatic heterocycles. The lowest BCUT2D eigenvalue weighted by molar-refractivity contribution is -0.114. The van der Waals surface area contributed by atoms with Gasteiger partial charge in [0.05, 0.1) is 20.8 Å². The van der Waals surface area contributed by atoms with E-state index in [4.69, 9.17) is 34.8 Å². The van der Waals surface area contributed by atoms with Crippen LogP contribution in [0, 0.1) is 17.7 Å². The standard InChI is InChI=1S/C18H31Cl2N.C8H7ClFNO/c1-7-12-21(13-11-15(6)14(5)8-2)18(16(19)9-3)17(20)10-4;1-5(12)11-6-2-3-8(10)7(9)4-6/h9-10,14-15H,3,7-8,11-13H2,1-2,4-6H3;2-4H,1H3,(H,11,12)/b17-10+,18-16-;. The molecule has 1 rings (SSSR count). The second-order valence-electron chi connectivity index (χ2n) is 7.99. The minimum absolute atomic E-state index is 0.00116. The fourth-order valence-electron chi connectivity index (χ4n) is 3.08. The van der Waals surface area contributed by atoms with Crippen molar-refractivity contribution in [2.24, 2.45) is 11.8 Å². The van der Waals surface area contributed by atoms with E-state index in [2.05, 4.69) is 44.5 Å². The summed E-state index contributed by atoms with van der Waals surface area (Å²) in [7, 11) is 0. The van der Waals surface area contributed by atoms with Gasteiger partial charge in [0.1, 0.15) is 5.82 Å². The van der Waals surface area contributed by atoms with Crippen LogP contribution in [0.2, 0.25) is 5.02 Å². The molecule has 3 nitrogen and oxygen atoms in total. The SMILES string of the molecule is C=C/C(Cl)=C(\C(Cl)=C/C)N(CCC)CCC(C)C(C)CC.CC(=O)Nc1ccc(F)c(Cl)c1. The molecule has 1 aromatic rings. The van der Waals surface area contributed by atoms with Gasteiger partial charge in [-0.2, -0.15) is 0 Å². The molecule has 0 bridgehead atoms. The number of benzene rings is 1. The van der Waals surface area contributed by atoms with Crippen molar-refractivity contribution in [2.75, 3.05) is 18.4 Å². The first kappa shape index (κ1) is 31.5. The minimum atomic E-state index is -0.495. The van der Waals surface area contributed by atoms with E-state index in [0.717, 1.165) is 37.5 Å². The number of nitrogens with zero attached hydrogens (tertiary/aromatic N) is 1. The number of nitrogens with one attached hydrogen (secondary N) is 1. The zero-order chi connectivity index (χ0) is 25.6. The highest BCUT2D eigenvalue weighted by Crippen LogP contribution is 2.28. The molecule has 0 aliphatic carbocycles. The van der Waals surface area contributed by atoms with E-state index in [1.807, 2.05) is 13.0 Å². The molecule has 0 saturated carbocycles. The molecule has 0 aromatic heterocycles. The first-order valence-corrected chi connectivity index (χ1v) is 12.5. The van der Waals surface area contributed by atoms with E-state index in [1.165, 1.54) is 31.5 Å². The van der Waals surface area contributed by atoms with Gasteiger partial charge < -0.3 is 10.2 Å². The summed E-state index contributed by atoms with van der Waals surface area (Å²) in [6.07, 6.45) is 7.00. The highest BCUT2D eigenvalue weighted by molar-refractivity contribution is 6.36. The van der Waals surface area contributed by atoms with Crippen LogP contribution in [-0.2, 0) is 4.79 Å². The predicted octanol–water partition coefficient (Wildman–Crippen LogP) is 8.99. The molecule has 186 valence electrons. The molecule has 1 amide bonds.